The summed E-state index contributed by atoms with van der Waals surface area (Å²) in [6, 6.07) is 4.17. The van der Waals surface area contributed by atoms with Crippen LogP contribution in [0.15, 0.2) is 22.8 Å². The highest BCUT2D eigenvalue weighted by Crippen LogP contribution is 2.22. The van der Waals surface area contributed by atoms with Crippen LogP contribution in [0.4, 0.5) is 0 Å². The number of fused-ring (bicyclic) bond motifs is 1. The van der Waals surface area contributed by atoms with Crippen LogP contribution in [-0.4, -0.2) is 26.3 Å². The highest BCUT2D eigenvalue weighted by atomic mass is 79.9. The zero-order chi connectivity index (χ0) is 11.8. The molecule has 1 unspecified atom stereocenters. The topological polar surface area (TPSA) is 55.6 Å². The summed E-state index contributed by atoms with van der Waals surface area (Å²) in [5.41, 5.74) is 0.862. The maximum Gasteiger partial charge on any atom is 0.182 e. The fourth-order valence-electron chi connectivity index (χ4n) is 2.04. The van der Waals surface area contributed by atoms with Crippen molar-refractivity contribution >= 4 is 15.9 Å². The fraction of sp³-hybridized carbons (Fsp3) is 0.364. The Morgan fingerprint density at radius 2 is 2.29 bits per heavy atom. The van der Waals surface area contributed by atoms with Gasteiger partial charge in [0.2, 0.25) is 0 Å². The van der Waals surface area contributed by atoms with Gasteiger partial charge in [-0.25, -0.2) is 0 Å². The Hall–Kier alpha value is -1.27. The summed E-state index contributed by atoms with van der Waals surface area (Å²) in [6.45, 7) is 3.92. The van der Waals surface area contributed by atoms with Gasteiger partial charge in [0.15, 0.2) is 5.82 Å². The Balaban J connectivity index is 2.07. The Morgan fingerprint density at radius 1 is 1.41 bits per heavy atom. The number of halogens is 1. The van der Waals surface area contributed by atoms with Gasteiger partial charge in [-0.15, -0.1) is 10.2 Å². The van der Waals surface area contributed by atoms with Gasteiger partial charge in [0.1, 0.15) is 11.5 Å². The number of aromatic nitrogens is 4. The lowest BCUT2D eigenvalue weighted by molar-refractivity contribution is 0.438. The number of hydrogen-bond donors (Lipinski definition) is 1. The van der Waals surface area contributed by atoms with Crippen molar-refractivity contribution in [3.05, 3.63) is 28.6 Å². The average molecular weight is 294 g/mol. The molecule has 2 aromatic heterocycles. The second-order valence-corrected chi connectivity index (χ2v) is 4.99. The molecular formula is C11H12BrN5. The molecule has 6 heteroatoms. The predicted molar refractivity (Wildman–Crippen MR) is 67.4 cm³/mol. The molecule has 0 aromatic carbocycles. The minimum atomic E-state index is 0.250. The van der Waals surface area contributed by atoms with Crippen molar-refractivity contribution in [2.45, 2.75) is 19.5 Å². The molecule has 17 heavy (non-hydrogen) atoms. The third-order valence-corrected chi connectivity index (χ3v) is 3.38. The highest BCUT2D eigenvalue weighted by molar-refractivity contribution is 9.10. The van der Waals surface area contributed by atoms with Crippen LogP contribution in [0.1, 0.15) is 18.8 Å². The Morgan fingerprint density at radius 3 is 3.06 bits per heavy atom. The van der Waals surface area contributed by atoms with Gasteiger partial charge in [-0.3, -0.25) is 4.98 Å². The fourth-order valence-corrected chi connectivity index (χ4v) is 2.27. The van der Waals surface area contributed by atoms with Crippen molar-refractivity contribution in [1.29, 1.82) is 0 Å². The largest absolute Gasteiger partial charge is 0.307 e. The van der Waals surface area contributed by atoms with Crippen LogP contribution in [0.3, 0.4) is 0 Å². The van der Waals surface area contributed by atoms with Crippen molar-refractivity contribution in [1.82, 2.24) is 25.1 Å². The van der Waals surface area contributed by atoms with E-state index in [0.717, 1.165) is 34.9 Å². The lowest BCUT2D eigenvalue weighted by Gasteiger charge is -2.21. The summed E-state index contributed by atoms with van der Waals surface area (Å²) in [6.07, 6.45) is 1.78. The molecule has 0 saturated heterocycles. The monoisotopic (exact) mass is 293 g/mol. The molecular weight excluding hydrogens is 282 g/mol. The van der Waals surface area contributed by atoms with Gasteiger partial charge < -0.3 is 9.88 Å². The third kappa shape index (κ3) is 1.87. The van der Waals surface area contributed by atoms with Crippen molar-refractivity contribution in [3.8, 4) is 11.5 Å². The van der Waals surface area contributed by atoms with Crippen molar-refractivity contribution in [2.24, 2.45) is 0 Å². The Bertz CT molecular complexity index is 533. The summed E-state index contributed by atoms with van der Waals surface area (Å²) in [5, 5.41) is 11.8. The first-order chi connectivity index (χ1) is 8.25. The number of rotatable bonds is 1. The first kappa shape index (κ1) is 10.9. The average Bonchev–Trinajstić information content (AvgIpc) is 2.75. The van der Waals surface area contributed by atoms with E-state index in [-0.39, 0.29) is 6.04 Å². The second kappa shape index (κ2) is 4.19. The molecule has 1 aliphatic heterocycles. The summed E-state index contributed by atoms with van der Waals surface area (Å²) in [5.74, 6) is 1.83. The Kier molecular flexibility index (Phi) is 2.68. The van der Waals surface area contributed by atoms with Crippen molar-refractivity contribution < 1.29 is 0 Å². The lowest BCUT2D eigenvalue weighted by Crippen LogP contribution is -2.32. The minimum absolute atomic E-state index is 0.250. The van der Waals surface area contributed by atoms with Crippen LogP contribution in [0.2, 0.25) is 0 Å². The van der Waals surface area contributed by atoms with E-state index in [9.17, 15) is 0 Å². The number of nitrogens with one attached hydrogen (secondary N) is 1. The molecule has 88 valence electrons. The third-order valence-electron chi connectivity index (χ3n) is 2.91. The molecule has 1 N–H and O–H groups in total. The molecule has 3 rings (SSSR count). The van der Waals surface area contributed by atoms with Gasteiger partial charge in [0, 0.05) is 23.8 Å². The van der Waals surface area contributed by atoms with E-state index in [1.807, 2.05) is 12.1 Å². The van der Waals surface area contributed by atoms with Gasteiger partial charge in [-0.2, -0.15) is 0 Å². The zero-order valence-corrected chi connectivity index (χ0v) is 11.0. The smallest absolute Gasteiger partial charge is 0.182 e. The molecule has 1 aliphatic rings. The van der Waals surface area contributed by atoms with Gasteiger partial charge >= 0.3 is 0 Å². The van der Waals surface area contributed by atoms with E-state index in [1.165, 1.54) is 0 Å². The van der Waals surface area contributed by atoms with E-state index in [0.29, 0.717) is 0 Å². The molecule has 0 amide bonds. The molecule has 5 nitrogen and oxygen atoms in total. The molecule has 2 aromatic rings. The standard InChI is InChI=1S/C11H12BrN5/c1-7-10-15-16-11(17(10)5-4-13-7)9-3-2-8(12)6-14-9/h2-3,6-7,13H,4-5H2,1H3. The number of hydrogen-bond acceptors (Lipinski definition) is 4. The maximum atomic E-state index is 4.36. The summed E-state index contributed by atoms with van der Waals surface area (Å²) in [7, 11) is 0. The molecule has 0 radical (unpaired) electrons. The van der Waals surface area contributed by atoms with E-state index >= 15 is 0 Å². The second-order valence-electron chi connectivity index (χ2n) is 4.07. The van der Waals surface area contributed by atoms with Gasteiger partial charge in [-0.1, -0.05) is 0 Å². The summed E-state index contributed by atoms with van der Waals surface area (Å²) < 4.78 is 3.10. The number of pyridine rings is 1. The first-order valence-electron chi connectivity index (χ1n) is 5.54. The quantitative estimate of drug-likeness (QED) is 0.871. The predicted octanol–water partition coefficient (Wildman–Crippen LogP) is 1.77. The molecule has 0 saturated carbocycles. The summed E-state index contributed by atoms with van der Waals surface area (Å²) >= 11 is 3.38. The molecule has 0 aliphatic carbocycles. The minimum Gasteiger partial charge on any atom is -0.307 e. The molecule has 0 bridgehead atoms. The zero-order valence-electron chi connectivity index (χ0n) is 9.39. The molecule has 0 spiro atoms. The molecule has 1 atom stereocenters. The van der Waals surface area contributed by atoms with Crippen LogP contribution < -0.4 is 5.32 Å². The van der Waals surface area contributed by atoms with Gasteiger partial charge in [-0.05, 0) is 35.0 Å². The van der Waals surface area contributed by atoms with E-state index in [4.69, 9.17) is 0 Å². The highest BCUT2D eigenvalue weighted by Gasteiger charge is 2.22. The van der Waals surface area contributed by atoms with Crippen LogP contribution in [0.5, 0.6) is 0 Å². The Labute approximate surface area is 107 Å². The van der Waals surface area contributed by atoms with Crippen LogP contribution >= 0.6 is 15.9 Å². The van der Waals surface area contributed by atoms with E-state index < -0.39 is 0 Å². The van der Waals surface area contributed by atoms with Crippen LogP contribution in [-0.2, 0) is 6.54 Å². The maximum absolute atomic E-state index is 4.36. The molecule has 0 fully saturated rings. The van der Waals surface area contributed by atoms with Gasteiger partial charge in [0.25, 0.3) is 0 Å². The van der Waals surface area contributed by atoms with Crippen molar-refractivity contribution in [3.63, 3.8) is 0 Å². The first-order valence-corrected chi connectivity index (χ1v) is 6.33. The van der Waals surface area contributed by atoms with E-state index in [1.54, 1.807) is 6.20 Å². The van der Waals surface area contributed by atoms with Crippen LogP contribution in [0, 0.1) is 0 Å². The SMILES string of the molecule is CC1NCCn2c(-c3ccc(Br)cn3)nnc21. The van der Waals surface area contributed by atoms with Gasteiger partial charge in [0.05, 0.1) is 6.04 Å². The van der Waals surface area contributed by atoms with Crippen LogP contribution in [0.25, 0.3) is 11.5 Å². The summed E-state index contributed by atoms with van der Waals surface area (Å²) in [4.78, 5) is 4.36. The molecule has 3 heterocycles. The normalized spacial score (nSPS) is 19.1. The lowest BCUT2D eigenvalue weighted by atomic mass is 10.2. The van der Waals surface area contributed by atoms with Crippen molar-refractivity contribution in [2.75, 3.05) is 6.54 Å². The van der Waals surface area contributed by atoms with E-state index in [2.05, 4.69) is 47.9 Å². The number of nitrogens with zero attached hydrogens (tertiary/aromatic N) is 4.